The van der Waals surface area contributed by atoms with E-state index in [1.54, 1.807) is 24.5 Å². The van der Waals surface area contributed by atoms with Crippen molar-refractivity contribution in [2.24, 2.45) is 0 Å². The largest absolute Gasteiger partial charge is 0.345 e. The highest BCUT2D eigenvalue weighted by Crippen LogP contribution is 2.17. The molecule has 0 aliphatic carbocycles. The Morgan fingerprint density at radius 2 is 1.86 bits per heavy atom. The summed E-state index contributed by atoms with van der Waals surface area (Å²) in [5.41, 5.74) is 4.35. The molecule has 0 aliphatic heterocycles. The molecule has 0 radical (unpaired) electrons. The number of benzene rings is 2. The number of nitrogens with one attached hydrogen (secondary N) is 3. The van der Waals surface area contributed by atoms with Crippen LogP contribution in [0, 0.1) is 0 Å². The Hall–Kier alpha value is -3.22. The quantitative estimate of drug-likeness (QED) is 0.522. The Morgan fingerprint density at radius 3 is 2.81 bits per heavy atom. The normalized spacial score (nSPS) is 11.0. The molecule has 0 spiro atoms. The highest BCUT2D eigenvalue weighted by Gasteiger charge is 2.09. The summed E-state index contributed by atoms with van der Waals surface area (Å²) in [4.78, 5) is 19.4. The topological polar surface area (TPSA) is 99.4 Å². The van der Waals surface area contributed by atoms with Crippen molar-refractivity contribution in [3.8, 4) is 0 Å². The molecule has 0 saturated carbocycles. The van der Waals surface area contributed by atoms with Gasteiger partial charge in [-0.05, 0) is 36.4 Å². The number of carbonyl (C=O) groups is 1. The molecule has 0 saturated heterocycles. The molecule has 4 rings (SSSR count). The second-order valence-corrected chi connectivity index (χ2v) is 4.62. The number of aromatic amines is 2. The fourth-order valence-electron chi connectivity index (χ4n) is 2.20. The molecular formula is C14H10N6O. The van der Waals surface area contributed by atoms with E-state index in [0.29, 0.717) is 16.8 Å². The molecule has 2 aromatic carbocycles. The van der Waals surface area contributed by atoms with Gasteiger partial charge in [-0.2, -0.15) is 15.4 Å². The summed E-state index contributed by atoms with van der Waals surface area (Å²) in [6, 6.07) is 10.7. The van der Waals surface area contributed by atoms with E-state index in [1.807, 2.05) is 18.2 Å². The standard InChI is InChI=1S/C14H10N6O/c21-14(8-1-3-11-13(5-8)19-20-18-11)17-9-2-4-10-12(6-9)16-7-15-10/h1-7H,(H,15,16)(H,17,21)(H,18,19,20). The first kappa shape index (κ1) is 11.6. The fourth-order valence-corrected chi connectivity index (χ4v) is 2.20. The van der Waals surface area contributed by atoms with Crippen molar-refractivity contribution < 1.29 is 4.79 Å². The van der Waals surface area contributed by atoms with Crippen LogP contribution in [0.25, 0.3) is 22.1 Å². The Bertz CT molecular complexity index is 954. The fraction of sp³-hybridized carbons (Fsp3) is 0. The van der Waals surface area contributed by atoms with Crippen molar-refractivity contribution in [3.63, 3.8) is 0 Å². The zero-order valence-corrected chi connectivity index (χ0v) is 10.8. The van der Waals surface area contributed by atoms with E-state index in [-0.39, 0.29) is 5.91 Å². The number of anilines is 1. The summed E-state index contributed by atoms with van der Waals surface area (Å²) in [5.74, 6) is -0.196. The molecule has 1 amide bonds. The van der Waals surface area contributed by atoms with Crippen LogP contribution >= 0.6 is 0 Å². The highest BCUT2D eigenvalue weighted by molar-refractivity contribution is 6.06. The van der Waals surface area contributed by atoms with Crippen molar-refractivity contribution in [2.75, 3.05) is 5.32 Å². The van der Waals surface area contributed by atoms with Crippen LogP contribution in [0.2, 0.25) is 0 Å². The van der Waals surface area contributed by atoms with Crippen LogP contribution in [0.5, 0.6) is 0 Å². The van der Waals surface area contributed by atoms with Gasteiger partial charge in [0.05, 0.1) is 17.4 Å². The Kier molecular flexibility index (Phi) is 2.43. The SMILES string of the molecule is O=C(Nc1ccc2nc[nH]c2c1)c1ccc2n[nH]nc2c1. The van der Waals surface area contributed by atoms with Crippen molar-refractivity contribution in [1.82, 2.24) is 25.4 Å². The van der Waals surface area contributed by atoms with Crippen LogP contribution < -0.4 is 5.32 Å². The maximum absolute atomic E-state index is 12.3. The van der Waals surface area contributed by atoms with Crippen molar-refractivity contribution >= 4 is 33.7 Å². The minimum absolute atomic E-state index is 0.196. The molecule has 0 unspecified atom stereocenters. The van der Waals surface area contributed by atoms with Gasteiger partial charge < -0.3 is 10.3 Å². The van der Waals surface area contributed by atoms with Crippen LogP contribution in [0.1, 0.15) is 10.4 Å². The number of aromatic nitrogens is 5. The number of H-pyrrole nitrogens is 2. The number of rotatable bonds is 2. The number of hydrogen-bond donors (Lipinski definition) is 3. The summed E-state index contributed by atoms with van der Waals surface area (Å²) >= 11 is 0. The minimum atomic E-state index is -0.196. The first-order chi connectivity index (χ1) is 10.3. The van der Waals surface area contributed by atoms with Gasteiger partial charge in [-0.1, -0.05) is 0 Å². The zero-order valence-electron chi connectivity index (χ0n) is 10.8. The minimum Gasteiger partial charge on any atom is -0.345 e. The van der Waals surface area contributed by atoms with Gasteiger partial charge >= 0.3 is 0 Å². The lowest BCUT2D eigenvalue weighted by Gasteiger charge is -2.05. The van der Waals surface area contributed by atoms with E-state index >= 15 is 0 Å². The number of amides is 1. The smallest absolute Gasteiger partial charge is 0.255 e. The van der Waals surface area contributed by atoms with E-state index in [0.717, 1.165) is 16.6 Å². The summed E-state index contributed by atoms with van der Waals surface area (Å²) in [7, 11) is 0. The number of imidazole rings is 1. The molecule has 3 N–H and O–H groups in total. The van der Waals surface area contributed by atoms with Gasteiger partial charge in [-0.25, -0.2) is 4.98 Å². The maximum Gasteiger partial charge on any atom is 0.255 e. The zero-order chi connectivity index (χ0) is 14.2. The third kappa shape index (κ3) is 2.00. The van der Waals surface area contributed by atoms with E-state index in [2.05, 4.69) is 30.7 Å². The summed E-state index contributed by atoms with van der Waals surface area (Å²) < 4.78 is 0. The third-order valence-corrected chi connectivity index (χ3v) is 3.26. The first-order valence-corrected chi connectivity index (χ1v) is 6.35. The Balaban J connectivity index is 1.64. The number of fused-ring (bicyclic) bond motifs is 2. The Morgan fingerprint density at radius 1 is 1.00 bits per heavy atom. The highest BCUT2D eigenvalue weighted by atomic mass is 16.1. The average molecular weight is 278 g/mol. The van der Waals surface area contributed by atoms with Crippen LogP contribution in [0.4, 0.5) is 5.69 Å². The van der Waals surface area contributed by atoms with E-state index < -0.39 is 0 Å². The van der Waals surface area contributed by atoms with Crippen LogP contribution in [0.3, 0.4) is 0 Å². The number of hydrogen-bond acceptors (Lipinski definition) is 4. The van der Waals surface area contributed by atoms with Crippen LogP contribution in [0.15, 0.2) is 42.7 Å². The molecule has 102 valence electrons. The molecule has 4 aromatic rings. The predicted octanol–water partition coefficient (Wildman–Crippen LogP) is 2.09. The van der Waals surface area contributed by atoms with Gasteiger partial charge in [0.25, 0.3) is 5.91 Å². The summed E-state index contributed by atoms with van der Waals surface area (Å²) in [6.07, 6.45) is 1.62. The first-order valence-electron chi connectivity index (χ1n) is 6.35. The van der Waals surface area contributed by atoms with Gasteiger partial charge in [-0.3, -0.25) is 4.79 Å². The predicted molar refractivity (Wildman–Crippen MR) is 77.9 cm³/mol. The Labute approximate surface area is 118 Å². The lowest BCUT2D eigenvalue weighted by atomic mass is 10.2. The number of carbonyl (C=O) groups excluding carboxylic acids is 1. The van der Waals surface area contributed by atoms with Gasteiger partial charge in [-0.15, -0.1) is 0 Å². The van der Waals surface area contributed by atoms with Crippen LogP contribution in [-0.4, -0.2) is 31.3 Å². The van der Waals surface area contributed by atoms with E-state index in [9.17, 15) is 4.79 Å². The third-order valence-electron chi connectivity index (χ3n) is 3.26. The van der Waals surface area contributed by atoms with Gasteiger partial charge in [0.1, 0.15) is 11.0 Å². The molecule has 0 bridgehead atoms. The van der Waals surface area contributed by atoms with Gasteiger partial charge in [0, 0.05) is 11.3 Å². The molecule has 0 aliphatic rings. The number of nitrogens with zero attached hydrogens (tertiary/aromatic N) is 3. The maximum atomic E-state index is 12.3. The molecule has 0 atom stereocenters. The molecule has 7 heteroatoms. The molecule has 21 heavy (non-hydrogen) atoms. The van der Waals surface area contributed by atoms with Gasteiger partial charge in [0.15, 0.2) is 0 Å². The lowest BCUT2D eigenvalue weighted by Crippen LogP contribution is -2.11. The molecular weight excluding hydrogens is 268 g/mol. The molecule has 7 nitrogen and oxygen atoms in total. The van der Waals surface area contributed by atoms with E-state index in [1.165, 1.54) is 0 Å². The molecule has 2 aromatic heterocycles. The van der Waals surface area contributed by atoms with Gasteiger partial charge in [0.2, 0.25) is 0 Å². The lowest BCUT2D eigenvalue weighted by molar-refractivity contribution is 0.102. The summed E-state index contributed by atoms with van der Waals surface area (Å²) in [5, 5.41) is 13.3. The monoisotopic (exact) mass is 278 g/mol. The second kappa shape index (κ2) is 4.41. The second-order valence-electron chi connectivity index (χ2n) is 4.62. The van der Waals surface area contributed by atoms with Crippen LogP contribution in [-0.2, 0) is 0 Å². The summed E-state index contributed by atoms with van der Waals surface area (Å²) in [6.45, 7) is 0. The van der Waals surface area contributed by atoms with Crippen molar-refractivity contribution in [2.45, 2.75) is 0 Å². The van der Waals surface area contributed by atoms with Crippen molar-refractivity contribution in [1.29, 1.82) is 0 Å². The van der Waals surface area contributed by atoms with Crippen molar-refractivity contribution in [3.05, 3.63) is 48.3 Å². The van der Waals surface area contributed by atoms with E-state index in [4.69, 9.17) is 0 Å². The molecule has 0 fully saturated rings. The molecule has 2 heterocycles. The average Bonchev–Trinajstić information content (AvgIpc) is 3.14.